The number of nitrogens with one attached hydrogen (secondary N) is 1. The van der Waals surface area contributed by atoms with Crippen molar-refractivity contribution in [3.63, 3.8) is 0 Å². The average Bonchev–Trinajstić information content (AvgIpc) is 2.48. The lowest BCUT2D eigenvalue weighted by Gasteiger charge is -2.20. The second-order valence-corrected chi connectivity index (χ2v) is 5.45. The number of halogens is 1. The fraction of sp³-hybridized carbons (Fsp3) is 0.250. The molecule has 2 atom stereocenters. The number of nitro benzene ring substituents is 1. The van der Waals surface area contributed by atoms with Crippen LogP contribution in [0.5, 0.6) is 0 Å². The summed E-state index contributed by atoms with van der Waals surface area (Å²) in [6, 6.07) is 14.5. The van der Waals surface area contributed by atoms with Crippen LogP contribution >= 0.6 is 11.6 Å². The number of hydrogen-bond donors (Lipinski definition) is 1. The Hall–Kier alpha value is -1.91. The third-order valence-electron chi connectivity index (χ3n) is 3.45. The van der Waals surface area contributed by atoms with E-state index in [0.29, 0.717) is 5.02 Å². The molecule has 0 aliphatic rings. The predicted octanol–water partition coefficient (Wildman–Crippen LogP) is 4.66. The van der Waals surface area contributed by atoms with E-state index in [1.165, 1.54) is 6.07 Å². The summed E-state index contributed by atoms with van der Waals surface area (Å²) in [5.74, 6) is 0. The van der Waals surface area contributed by atoms with Gasteiger partial charge in [-0.15, -0.1) is 0 Å². The standard InChI is InChI=1S/C16H17ClN2O2/c1-11(13-6-8-15(17)9-7-13)18-12(2)14-4-3-5-16(10-14)19(20)21/h3-12,18H,1-2H3/t11-,12?/m1/s1. The van der Waals surface area contributed by atoms with Crippen LogP contribution in [-0.4, -0.2) is 4.92 Å². The molecule has 110 valence electrons. The maximum absolute atomic E-state index is 10.8. The molecule has 2 rings (SSSR count). The van der Waals surface area contributed by atoms with E-state index in [2.05, 4.69) is 12.2 Å². The minimum absolute atomic E-state index is 0.00979. The van der Waals surface area contributed by atoms with Gasteiger partial charge in [0.1, 0.15) is 0 Å². The van der Waals surface area contributed by atoms with Crippen molar-refractivity contribution in [2.45, 2.75) is 25.9 Å². The molecule has 0 radical (unpaired) electrons. The second-order valence-electron chi connectivity index (χ2n) is 5.01. The third kappa shape index (κ3) is 4.03. The molecule has 4 nitrogen and oxygen atoms in total. The number of benzene rings is 2. The van der Waals surface area contributed by atoms with Gasteiger partial charge in [0.2, 0.25) is 0 Å². The van der Waals surface area contributed by atoms with Crippen LogP contribution in [-0.2, 0) is 0 Å². The van der Waals surface area contributed by atoms with Gasteiger partial charge in [-0.1, -0.05) is 35.9 Å². The fourth-order valence-corrected chi connectivity index (χ4v) is 2.35. The van der Waals surface area contributed by atoms with Crippen molar-refractivity contribution in [2.75, 3.05) is 0 Å². The molecular formula is C16H17ClN2O2. The lowest BCUT2D eigenvalue weighted by molar-refractivity contribution is -0.384. The van der Waals surface area contributed by atoms with E-state index in [-0.39, 0.29) is 22.7 Å². The van der Waals surface area contributed by atoms with Crippen LogP contribution in [0.4, 0.5) is 5.69 Å². The third-order valence-corrected chi connectivity index (χ3v) is 3.70. The second kappa shape index (κ2) is 6.70. The fourth-order valence-electron chi connectivity index (χ4n) is 2.23. The first kappa shape index (κ1) is 15.5. The highest BCUT2D eigenvalue weighted by Crippen LogP contribution is 2.23. The number of rotatable bonds is 5. The van der Waals surface area contributed by atoms with E-state index < -0.39 is 0 Å². The molecule has 0 fully saturated rings. The summed E-state index contributed by atoms with van der Waals surface area (Å²) in [6.07, 6.45) is 0. The van der Waals surface area contributed by atoms with Gasteiger partial charge in [0.05, 0.1) is 4.92 Å². The molecule has 0 amide bonds. The van der Waals surface area contributed by atoms with Gasteiger partial charge >= 0.3 is 0 Å². The SMILES string of the molecule is CC(N[C@H](C)c1ccc(Cl)cc1)c1cccc([N+](=O)[O-])c1. The van der Waals surface area contributed by atoms with Crippen molar-refractivity contribution >= 4 is 17.3 Å². The molecule has 21 heavy (non-hydrogen) atoms. The van der Waals surface area contributed by atoms with E-state index in [9.17, 15) is 10.1 Å². The van der Waals surface area contributed by atoms with Crippen LogP contribution < -0.4 is 5.32 Å². The normalized spacial score (nSPS) is 13.7. The Bertz CT molecular complexity index is 628. The molecule has 0 saturated carbocycles. The smallest absolute Gasteiger partial charge is 0.269 e. The zero-order chi connectivity index (χ0) is 15.4. The minimum Gasteiger partial charge on any atom is -0.304 e. The van der Waals surface area contributed by atoms with Crippen LogP contribution in [0.1, 0.15) is 37.1 Å². The first-order chi connectivity index (χ1) is 9.97. The molecule has 0 aliphatic carbocycles. The number of hydrogen-bond acceptors (Lipinski definition) is 3. The highest BCUT2D eigenvalue weighted by Gasteiger charge is 2.14. The van der Waals surface area contributed by atoms with Crippen LogP contribution in [0, 0.1) is 10.1 Å². The molecule has 2 aromatic carbocycles. The summed E-state index contributed by atoms with van der Waals surface area (Å²) < 4.78 is 0. The highest BCUT2D eigenvalue weighted by atomic mass is 35.5. The van der Waals surface area contributed by atoms with Gasteiger partial charge in [-0.25, -0.2) is 0 Å². The summed E-state index contributed by atoms with van der Waals surface area (Å²) >= 11 is 5.88. The quantitative estimate of drug-likeness (QED) is 0.645. The predicted molar refractivity (Wildman–Crippen MR) is 84.5 cm³/mol. The van der Waals surface area contributed by atoms with E-state index >= 15 is 0 Å². The van der Waals surface area contributed by atoms with Crippen LogP contribution in [0.25, 0.3) is 0 Å². The van der Waals surface area contributed by atoms with Gasteiger partial charge < -0.3 is 5.32 Å². The molecule has 2 aromatic rings. The summed E-state index contributed by atoms with van der Waals surface area (Å²) in [7, 11) is 0. The first-order valence-corrected chi connectivity index (χ1v) is 7.11. The lowest BCUT2D eigenvalue weighted by Crippen LogP contribution is -2.22. The summed E-state index contributed by atoms with van der Waals surface area (Å²) in [4.78, 5) is 10.4. The topological polar surface area (TPSA) is 55.2 Å². The van der Waals surface area contributed by atoms with Crippen molar-refractivity contribution < 1.29 is 4.92 Å². The maximum atomic E-state index is 10.8. The van der Waals surface area contributed by atoms with Gasteiger partial charge in [-0.2, -0.15) is 0 Å². The Balaban J connectivity index is 2.10. The lowest BCUT2D eigenvalue weighted by atomic mass is 10.0. The Morgan fingerprint density at radius 3 is 2.29 bits per heavy atom. The Morgan fingerprint density at radius 1 is 1.05 bits per heavy atom. The molecular weight excluding hydrogens is 288 g/mol. The molecule has 5 heteroatoms. The van der Waals surface area contributed by atoms with Crippen molar-refractivity contribution in [1.82, 2.24) is 5.32 Å². The van der Waals surface area contributed by atoms with Crippen LogP contribution in [0.2, 0.25) is 5.02 Å². The minimum atomic E-state index is -0.376. The van der Waals surface area contributed by atoms with Crippen molar-refractivity contribution in [1.29, 1.82) is 0 Å². The molecule has 0 aromatic heterocycles. The summed E-state index contributed by atoms with van der Waals surface area (Å²) in [5.41, 5.74) is 2.13. The van der Waals surface area contributed by atoms with Crippen molar-refractivity contribution in [3.05, 3.63) is 74.8 Å². The average molecular weight is 305 g/mol. The van der Waals surface area contributed by atoms with E-state index in [1.807, 2.05) is 37.3 Å². The Labute approximate surface area is 128 Å². The molecule has 0 spiro atoms. The maximum Gasteiger partial charge on any atom is 0.269 e. The molecule has 0 aliphatic heterocycles. The van der Waals surface area contributed by atoms with E-state index in [1.54, 1.807) is 12.1 Å². The molecule has 1 N–H and O–H groups in total. The Morgan fingerprint density at radius 2 is 1.67 bits per heavy atom. The number of nitro groups is 1. The highest BCUT2D eigenvalue weighted by molar-refractivity contribution is 6.30. The number of nitrogens with zero attached hydrogens (tertiary/aromatic N) is 1. The van der Waals surface area contributed by atoms with Gasteiger partial charge in [0, 0.05) is 29.2 Å². The van der Waals surface area contributed by atoms with Crippen LogP contribution in [0.3, 0.4) is 0 Å². The van der Waals surface area contributed by atoms with E-state index in [0.717, 1.165) is 11.1 Å². The molecule has 0 bridgehead atoms. The largest absolute Gasteiger partial charge is 0.304 e. The monoisotopic (exact) mass is 304 g/mol. The summed E-state index contributed by atoms with van der Waals surface area (Å²) in [6.45, 7) is 4.04. The Kier molecular flexibility index (Phi) is 4.94. The molecule has 1 unspecified atom stereocenters. The molecule has 0 saturated heterocycles. The van der Waals surface area contributed by atoms with Crippen LogP contribution in [0.15, 0.2) is 48.5 Å². The van der Waals surface area contributed by atoms with Crippen molar-refractivity contribution in [3.8, 4) is 0 Å². The zero-order valence-corrected chi connectivity index (χ0v) is 12.7. The summed E-state index contributed by atoms with van der Waals surface area (Å²) in [5, 5.41) is 15.0. The van der Waals surface area contributed by atoms with Gasteiger partial charge in [-0.3, -0.25) is 10.1 Å². The van der Waals surface area contributed by atoms with E-state index in [4.69, 9.17) is 11.6 Å². The zero-order valence-electron chi connectivity index (χ0n) is 11.9. The number of non-ortho nitro benzene ring substituents is 1. The first-order valence-electron chi connectivity index (χ1n) is 6.73. The van der Waals surface area contributed by atoms with Gasteiger partial charge in [-0.05, 0) is 37.1 Å². The molecule has 0 heterocycles. The van der Waals surface area contributed by atoms with Crippen molar-refractivity contribution in [2.24, 2.45) is 0 Å². The van der Waals surface area contributed by atoms with Gasteiger partial charge in [0.25, 0.3) is 5.69 Å². The van der Waals surface area contributed by atoms with Gasteiger partial charge in [0.15, 0.2) is 0 Å².